The van der Waals surface area contributed by atoms with Gasteiger partial charge in [0.15, 0.2) is 0 Å². The number of rotatable bonds is 9. The quantitative estimate of drug-likeness (QED) is 0.352. The molecule has 9 heteroatoms. The third-order valence-electron chi connectivity index (χ3n) is 6.60. The zero-order chi connectivity index (χ0) is 25.1. The molecule has 0 saturated heterocycles. The van der Waals surface area contributed by atoms with Gasteiger partial charge in [-0.1, -0.05) is 66.0 Å². The van der Waals surface area contributed by atoms with Crippen molar-refractivity contribution in [3.8, 4) is 0 Å². The molecule has 0 saturated carbocycles. The third-order valence-corrected chi connectivity index (χ3v) is 7.82. The predicted molar refractivity (Wildman–Crippen MR) is 143 cm³/mol. The highest BCUT2D eigenvalue weighted by Gasteiger charge is 2.37. The molecule has 35 heavy (non-hydrogen) atoms. The number of aromatic amines is 1. The number of hydrogen-bond acceptors (Lipinski definition) is 5. The molecule has 0 spiro atoms. The van der Waals surface area contributed by atoms with E-state index in [2.05, 4.69) is 39.4 Å². The van der Waals surface area contributed by atoms with Gasteiger partial charge >= 0.3 is 0 Å². The maximum Gasteiger partial charge on any atom is 0.0747 e. The fourth-order valence-corrected chi connectivity index (χ4v) is 6.47. The molecule has 188 valence electrons. The summed E-state index contributed by atoms with van der Waals surface area (Å²) >= 11 is 21.0. The molecule has 0 bridgehead atoms. The summed E-state index contributed by atoms with van der Waals surface area (Å²) < 4.78 is 5.85. The maximum absolute atomic E-state index is 9.29. The Balaban J connectivity index is 1.92. The lowest BCUT2D eigenvalue weighted by atomic mass is 9.88. The Hall–Kier alpha value is -1.80. The summed E-state index contributed by atoms with van der Waals surface area (Å²) in [4.78, 5) is 4.31. The zero-order valence-corrected chi connectivity index (χ0v) is 22.5. The van der Waals surface area contributed by atoms with E-state index in [0.717, 1.165) is 28.8 Å². The van der Waals surface area contributed by atoms with Crippen molar-refractivity contribution in [1.29, 1.82) is 0 Å². The standard InChI is InChI=1S/C26H31Cl3N4O2/c1-4-20-22(27)21(24(29)26(23(20)28)32(2)3)25(18-12-30-31-13-18)33-14-17-8-6-5-7-16(17)11-19(33)15-35-10-9-34/h5-8,12-13,19,25,34H,4,9-11,14-15H2,1-3H3,(H,30,31). The number of halogens is 3. The summed E-state index contributed by atoms with van der Waals surface area (Å²) in [6, 6.07) is 8.21. The molecule has 1 aliphatic heterocycles. The number of aromatic nitrogens is 2. The smallest absolute Gasteiger partial charge is 0.0747 e. The minimum atomic E-state index is -0.286. The number of aliphatic hydroxyl groups is 1. The number of aliphatic hydroxyl groups excluding tert-OH is 1. The largest absolute Gasteiger partial charge is 0.394 e. The van der Waals surface area contributed by atoms with Crippen LogP contribution in [-0.4, -0.2) is 60.2 Å². The number of benzene rings is 2. The summed E-state index contributed by atoms with van der Waals surface area (Å²) in [6.07, 6.45) is 5.19. The average Bonchev–Trinajstić information content (AvgIpc) is 3.36. The van der Waals surface area contributed by atoms with Gasteiger partial charge in [-0.25, -0.2) is 0 Å². The summed E-state index contributed by atoms with van der Waals surface area (Å²) in [6.45, 7) is 3.46. The Bertz CT molecular complexity index is 1150. The highest BCUT2D eigenvalue weighted by atomic mass is 35.5. The SMILES string of the molecule is CCc1c(Cl)c(C(c2cn[nH]c2)N2Cc3ccccc3CC2COCCO)c(Cl)c(N(C)C)c1Cl. The van der Waals surface area contributed by atoms with Gasteiger partial charge < -0.3 is 14.7 Å². The molecule has 1 aromatic heterocycles. The Labute approximate surface area is 221 Å². The van der Waals surface area contributed by atoms with E-state index in [-0.39, 0.29) is 25.3 Å². The molecule has 1 aliphatic rings. The molecule has 6 nitrogen and oxygen atoms in total. The lowest BCUT2D eigenvalue weighted by Gasteiger charge is -2.43. The summed E-state index contributed by atoms with van der Waals surface area (Å²) in [5.74, 6) is 0. The first-order valence-corrected chi connectivity index (χ1v) is 12.9. The number of H-pyrrole nitrogens is 1. The van der Waals surface area contributed by atoms with Crippen molar-refractivity contribution in [2.24, 2.45) is 0 Å². The topological polar surface area (TPSA) is 64.6 Å². The first-order valence-electron chi connectivity index (χ1n) is 11.7. The number of nitrogens with one attached hydrogen (secondary N) is 1. The van der Waals surface area contributed by atoms with Gasteiger partial charge in [-0.15, -0.1) is 0 Å². The predicted octanol–water partition coefficient (Wildman–Crippen LogP) is 5.52. The van der Waals surface area contributed by atoms with E-state index in [9.17, 15) is 5.11 Å². The number of anilines is 1. The molecule has 2 unspecified atom stereocenters. The van der Waals surface area contributed by atoms with E-state index >= 15 is 0 Å². The normalized spacial score (nSPS) is 16.8. The van der Waals surface area contributed by atoms with Gasteiger partial charge in [0, 0.05) is 44.0 Å². The molecule has 2 atom stereocenters. The van der Waals surface area contributed by atoms with E-state index < -0.39 is 0 Å². The van der Waals surface area contributed by atoms with Crippen LogP contribution < -0.4 is 4.90 Å². The van der Waals surface area contributed by atoms with Crippen LogP contribution in [0.4, 0.5) is 5.69 Å². The van der Waals surface area contributed by atoms with E-state index in [1.165, 1.54) is 11.1 Å². The van der Waals surface area contributed by atoms with Crippen molar-refractivity contribution in [1.82, 2.24) is 15.1 Å². The van der Waals surface area contributed by atoms with Crippen molar-refractivity contribution in [2.45, 2.75) is 38.4 Å². The lowest BCUT2D eigenvalue weighted by Crippen LogP contribution is -2.46. The molecule has 0 fully saturated rings. The van der Waals surface area contributed by atoms with Crippen LogP contribution in [0.5, 0.6) is 0 Å². The maximum atomic E-state index is 9.29. The van der Waals surface area contributed by atoms with Crippen molar-refractivity contribution >= 4 is 40.5 Å². The van der Waals surface area contributed by atoms with Crippen molar-refractivity contribution in [3.63, 3.8) is 0 Å². The monoisotopic (exact) mass is 536 g/mol. The second-order valence-corrected chi connectivity index (χ2v) is 10.1. The van der Waals surface area contributed by atoms with Crippen molar-refractivity contribution in [2.75, 3.05) is 38.8 Å². The number of ether oxygens (including phenoxy) is 1. The zero-order valence-electron chi connectivity index (χ0n) is 20.2. The van der Waals surface area contributed by atoms with Gasteiger partial charge in [0.2, 0.25) is 0 Å². The Morgan fingerprint density at radius 2 is 1.91 bits per heavy atom. The van der Waals surface area contributed by atoms with Crippen LogP contribution in [0, 0.1) is 0 Å². The van der Waals surface area contributed by atoms with E-state index in [0.29, 0.717) is 34.6 Å². The van der Waals surface area contributed by atoms with Gasteiger partial charge in [0.05, 0.1) is 52.8 Å². The molecule has 2 N–H and O–H groups in total. The van der Waals surface area contributed by atoms with Gasteiger partial charge in [0.1, 0.15) is 0 Å². The van der Waals surface area contributed by atoms with Gasteiger partial charge in [-0.05, 0) is 29.5 Å². The minimum Gasteiger partial charge on any atom is -0.394 e. The molecule has 2 aromatic carbocycles. The van der Waals surface area contributed by atoms with Crippen LogP contribution in [0.2, 0.25) is 15.1 Å². The molecular formula is C26H31Cl3N4O2. The third kappa shape index (κ3) is 5.19. The first kappa shape index (κ1) is 26.3. The Morgan fingerprint density at radius 3 is 2.54 bits per heavy atom. The molecular weight excluding hydrogens is 507 g/mol. The highest BCUT2D eigenvalue weighted by Crippen LogP contribution is 2.49. The van der Waals surface area contributed by atoms with Crippen LogP contribution >= 0.6 is 34.8 Å². The van der Waals surface area contributed by atoms with Crippen molar-refractivity contribution in [3.05, 3.63) is 79.5 Å². The van der Waals surface area contributed by atoms with Crippen LogP contribution in [-0.2, 0) is 24.1 Å². The molecule has 4 rings (SSSR count). The highest BCUT2D eigenvalue weighted by molar-refractivity contribution is 6.43. The molecule has 3 aromatic rings. The fourth-order valence-electron chi connectivity index (χ4n) is 4.95. The van der Waals surface area contributed by atoms with Gasteiger partial charge in [-0.3, -0.25) is 10.00 Å². The van der Waals surface area contributed by atoms with Crippen LogP contribution in [0.25, 0.3) is 0 Å². The van der Waals surface area contributed by atoms with Gasteiger partial charge in [0.25, 0.3) is 0 Å². The molecule has 0 aliphatic carbocycles. The average molecular weight is 538 g/mol. The Morgan fingerprint density at radius 1 is 1.17 bits per heavy atom. The van der Waals surface area contributed by atoms with E-state index in [1.807, 2.05) is 38.3 Å². The molecule has 0 amide bonds. The Kier molecular flexibility index (Phi) is 8.63. The number of hydrogen-bond donors (Lipinski definition) is 2. The second kappa shape index (κ2) is 11.5. The fraction of sp³-hybridized carbons (Fsp3) is 0.423. The molecule has 2 heterocycles. The lowest BCUT2D eigenvalue weighted by molar-refractivity contribution is 0.0210. The van der Waals surface area contributed by atoms with Crippen LogP contribution in [0.1, 0.15) is 40.8 Å². The van der Waals surface area contributed by atoms with Crippen molar-refractivity contribution < 1.29 is 9.84 Å². The van der Waals surface area contributed by atoms with Crippen LogP contribution in [0.15, 0.2) is 36.7 Å². The summed E-state index contributed by atoms with van der Waals surface area (Å²) in [5, 5.41) is 18.2. The van der Waals surface area contributed by atoms with Crippen LogP contribution in [0.3, 0.4) is 0 Å². The minimum absolute atomic E-state index is 0.0185. The summed E-state index contributed by atoms with van der Waals surface area (Å²) in [5.41, 5.74) is 5.94. The van der Waals surface area contributed by atoms with E-state index in [1.54, 1.807) is 0 Å². The molecule has 0 radical (unpaired) electrons. The van der Waals surface area contributed by atoms with Gasteiger partial charge in [-0.2, -0.15) is 5.10 Å². The summed E-state index contributed by atoms with van der Waals surface area (Å²) in [7, 11) is 3.86. The number of fused-ring (bicyclic) bond motifs is 1. The van der Waals surface area contributed by atoms with E-state index in [4.69, 9.17) is 39.5 Å². The second-order valence-electron chi connectivity index (χ2n) is 8.96. The first-order chi connectivity index (χ1) is 16.9. The number of nitrogens with zero attached hydrogens (tertiary/aromatic N) is 3.